The molecule has 0 spiro atoms. The number of nitrogens with one attached hydrogen (secondary N) is 2. The van der Waals surface area contributed by atoms with Crippen molar-refractivity contribution < 1.29 is 14.3 Å². The second-order valence-electron chi connectivity index (χ2n) is 6.12. The molecule has 0 fully saturated rings. The van der Waals surface area contributed by atoms with Crippen molar-refractivity contribution >= 4 is 28.5 Å². The van der Waals surface area contributed by atoms with Gasteiger partial charge in [0.1, 0.15) is 0 Å². The van der Waals surface area contributed by atoms with Gasteiger partial charge in [-0.1, -0.05) is 25.1 Å². The maximum Gasteiger partial charge on any atom is 0.338 e. The van der Waals surface area contributed by atoms with Gasteiger partial charge in [-0.2, -0.15) is 0 Å². The number of carbonyl (C=O) groups is 2. The molecule has 0 aliphatic heterocycles. The van der Waals surface area contributed by atoms with Gasteiger partial charge in [-0.3, -0.25) is 4.79 Å². The quantitative estimate of drug-likeness (QED) is 0.624. The fourth-order valence-electron chi connectivity index (χ4n) is 2.78. The average molecular weight is 350 g/mol. The molecule has 5 heteroatoms. The van der Waals surface area contributed by atoms with E-state index in [1.807, 2.05) is 31.3 Å². The van der Waals surface area contributed by atoms with E-state index in [1.165, 1.54) is 0 Å². The van der Waals surface area contributed by atoms with Crippen LogP contribution in [0.2, 0.25) is 0 Å². The molecule has 0 atom stereocenters. The predicted molar refractivity (Wildman–Crippen MR) is 102 cm³/mol. The summed E-state index contributed by atoms with van der Waals surface area (Å²) in [6.07, 6.45) is 3.80. The highest BCUT2D eigenvalue weighted by Crippen LogP contribution is 2.19. The Bertz CT molecular complexity index is 897. The van der Waals surface area contributed by atoms with Crippen LogP contribution in [0.4, 0.5) is 5.69 Å². The highest BCUT2D eigenvalue weighted by molar-refractivity contribution is 5.93. The SMILES string of the molecule is CCCOC(=O)c1ccc(NC(=O)CCc2c[nH]c3ccccc23)cc1. The van der Waals surface area contributed by atoms with Gasteiger partial charge in [0.25, 0.3) is 0 Å². The maximum absolute atomic E-state index is 12.2. The van der Waals surface area contributed by atoms with Crippen LogP contribution in [0.15, 0.2) is 54.7 Å². The van der Waals surface area contributed by atoms with Crippen molar-refractivity contribution in [3.63, 3.8) is 0 Å². The van der Waals surface area contributed by atoms with Crippen molar-refractivity contribution in [1.82, 2.24) is 4.98 Å². The molecular weight excluding hydrogens is 328 g/mol. The van der Waals surface area contributed by atoms with E-state index in [-0.39, 0.29) is 11.9 Å². The fourth-order valence-corrected chi connectivity index (χ4v) is 2.78. The molecule has 1 aromatic heterocycles. The van der Waals surface area contributed by atoms with Gasteiger partial charge in [0.15, 0.2) is 0 Å². The zero-order chi connectivity index (χ0) is 18.4. The van der Waals surface area contributed by atoms with E-state index in [1.54, 1.807) is 24.3 Å². The lowest BCUT2D eigenvalue weighted by molar-refractivity contribution is -0.116. The Labute approximate surface area is 152 Å². The normalized spacial score (nSPS) is 10.7. The molecule has 0 saturated carbocycles. The Balaban J connectivity index is 1.54. The molecule has 134 valence electrons. The summed E-state index contributed by atoms with van der Waals surface area (Å²) in [6.45, 7) is 2.35. The van der Waals surface area contributed by atoms with E-state index >= 15 is 0 Å². The molecular formula is C21H22N2O3. The molecule has 0 saturated heterocycles. The lowest BCUT2D eigenvalue weighted by Crippen LogP contribution is -2.12. The molecule has 2 N–H and O–H groups in total. The molecule has 2 aromatic carbocycles. The number of benzene rings is 2. The van der Waals surface area contributed by atoms with E-state index in [9.17, 15) is 9.59 Å². The largest absolute Gasteiger partial charge is 0.462 e. The van der Waals surface area contributed by atoms with Crippen molar-refractivity contribution in [2.45, 2.75) is 26.2 Å². The van der Waals surface area contributed by atoms with Gasteiger partial charge in [0.05, 0.1) is 12.2 Å². The number of carbonyl (C=O) groups excluding carboxylic acids is 2. The van der Waals surface area contributed by atoms with Gasteiger partial charge < -0.3 is 15.0 Å². The van der Waals surface area contributed by atoms with Crippen molar-refractivity contribution in [1.29, 1.82) is 0 Å². The highest BCUT2D eigenvalue weighted by atomic mass is 16.5. The van der Waals surface area contributed by atoms with E-state index in [0.717, 1.165) is 22.9 Å². The first-order chi connectivity index (χ1) is 12.7. The minimum Gasteiger partial charge on any atom is -0.462 e. The number of hydrogen-bond acceptors (Lipinski definition) is 3. The van der Waals surface area contributed by atoms with Crippen LogP contribution in [0.5, 0.6) is 0 Å². The molecule has 0 unspecified atom stereocenters. The third-order valence-corrected chi connectivity index (χ3v) is 4.14. The number of fused-ring (bicyclic) bond motifs is 1. The number of amides is 1. The first-order valence-electron chi connectivity index (χ1n) is 8.79. The van der Waals surface area contributed by atoms with Gasteiger partial charge >= 0.3 is 5.97 Å². The van der Waals surface area contributed by atoms with E-state index in [0.29, 0.717) is 30.7 Å². The third-order valence-electron chi connectivity index (χ3n) is 4.14. The van der Waals surface area contributed by atoms with Crippen LogP contribution in [0.25, 0.3) is 10.9 Å². The molecule has 3 aromatic rings. The second kappa shape index (κ2) is 8.34. The topological polar surface area (TPSA) is 71.2 Å². The molecule has 1 heterocycles. The highest BCUT2D eigenvalue weighted by Gasteiger charge is 2.09. The number of anilines is 1. The van der Waals surface area contributed by atoms with Gasteiger partial charge in [0.2, 0.25) is 5.91 Å². The Morgan fingerprint density at radius 1 is 1.08 bits per heavy atom. The lowest BCUT2D eigenvalue weighted by atomic mass is 10.1. The van der Waals surface area contributed by atoms with Crippen LogP contribution in [0.3, 0.4) is 0 Å². The van der Waals surface area contributed by atoms with Gasteiger partial charge in [-0.25, -0.2) is 4.79 Å². The standard InChI is InChI=1S/C21H22N2O3/c1-2-13-26-21(25)15-7-10-17(11-8-15)23-20(24)12-9-16-14-22-19-6-4-3-5-18(16)19/h3-8,10-11,14,22H,2,9,12-13H2,1H3,(H,23,24). The first kappa shape index (κ1) is 17.7. The number of rotatable bonds is 7. The summed E-state index contributed by atoms with van der Waals surface area (Å²) < 4.78 is 5.08. The van der Waals surface area contributed by atoms with E-state index in [2.05, 4.69) is 16.4 Å². The third kappa shape index (κ3) is 4.30. The lowest BCUT2D eigenvalue weighted by Gasteiger charge is -2.07. The summed E-state index contributed by atoms with van der Waals surface area (Å²) in [5.74, 6) is -0.402. The van der Waals surface area contributed by atoms with Crippen LogP contribution < -0.4 is 5.32 Å². The zero-order valence-electron chi connectivity index (χ0n) is 14.7. The van der Waals surface area contributed by atoms with Crippen LogP contribution in [0, 0.1) is 0 Å². The number of aromatic nitrogens is 1. The minimum atomic E-state index is -0.343. The van der Waals surface area contributed by atoms with E-state index < -0.39 is 0 Å². The molecule has 5 nitrogen and oxygen atoms in total. The summed E-state index contributed by atoms with van der Waals surface area (Å²) >= 11 is 0. The van der Waals surface area contributed by atoms with Crippen LogP contribution in [-0.4, -0.2) is 23.5 Å². The van der Waals surface area contributed by atoms with Gasteiger partial charge in [0, 0.05) is 29.2 Å². The van der Waals surface area contributed by atoms with Crippen molar-refractivity contribution in [3.8, 4) is 0 Å². The molecule has 0 aliphatic carbocycles. The number of hydrogen-bond donors (Lipinski definition) is 2. The van der Waals surface area contributed by atoms with Crippen molar-refractivity contribution in [2.24, 2.45) is 0 Å². The monoisotopic (exact) mass is 350 g/mol. The number of H-pyrrole nitrogens is 1. The maximum atomic E-state index is 12.2. The molecule has 0 bridgehead atoms. The second-order valence-corrected chi connectivity index (χ2v) is 6.12. The van der Waals surface area contributed by atoms with Gasteiger partial charge in [-0.05, 0) is 48.7 Å². The molecule has 0 aliphatic rings. The van der Waals surface area contributed by atoms with E-state index in [4.69, 9.17) is 4.74 Å². The number of para-hydroxylation sites is 1. The Morgan fingerprint density at radius 2 is 1.85 bits per heavy atom. The Hall–Kier alpha value is -3.08. The van der Waals surface area contributed by atoms with Crippen LogP contribution >= 0.6 is 0 Å². The van der Waals surface area contributed by atoms with Crippen LogP contribution in [-0.2, 0) is 16.0 Å². The fraction of sp³-hybridized carbons (Fsp3) is 0.238. The molecule has 3 rings (SSSR count). The first-order valence-corrected chi connectivity index (χ1v) is 8.79. The van der Waals surface area contributed by atoms with Crippen LogP contribution in [0.1, 0.15) is 35.7 Å². The summed E-state index contributed by atoms with van der Waals surface area (Å²) in [5.41, 5.74) is 3.36. The smallest absolute Gasteiger partial charge is 0.338 e. The summed E-state index contributed by atoms with van der Waals surface area (Å²) in [6, 6.07) is 14.8. The molecule has 1 amide bonds. The van der Waals surface area contributed by atoms with Gasteiger partial charge in [-0.15, -0.1) is 0 Å². The number of esters is 1. The number of aromatic amines is 1. The zero-order valence-corrected chi connectivity index (χ0v) is 14.7. The number of ether oxygens (including phenoxy) is 1. The molecule has 26 heavy (non-hydrogen) atoms. The van der Waals surface area contributed by atoms with Crippen molar-refractivity contribution in [3.05, 3.63) is 65.9 Å². The number of aryl methyl sites for hydroxylation is 1. The Morgan fingerprint density at radius 3 is 2.62 bits per heavy atom. The minimum absolute atomic E-state index is 0.0587. The Kier molecular flexibility index (Phi) is 5.69. The summed E-state index contributed by atoms with van der Waals surface area (Å²) in [4.78, 5) is 27.2. The molecule has 0 radical (unpaired) electrons. The van der Waals surface area contributed by atoms with Crippen molar-refractivity contribution in [2.75, 3.05) is 11.9 Å². The average Bonchev–Trinajstić information content (AvgIpc) is 3.08. The summed E-state index contributed by atoms with van der Waals surface area (Å²) in [7, 11) is 0. The summed E-state index contributed by atoms with van der Waals surface area (Å²) in [5, 5.41) is 4.01. The predicted octanol–water partition coefficient (Wildman–Crippen LogP) is 4.31.